The van der Waals surface area contributed by atoms with Gasteiger partial charge >= 0.3 is 0 Å². The Morgan fingerprint density at radius 3 is 2.42 bits per heavy atom. The Kier molecular flexibility index (Phi) is 3.82. The summed E-state index contributed by atoms with van der Waals surface area (Å²) in [5, 5.41) is 10.7. The van der Waals surface area contributed by atoms with E-state index in [0.717, 1.165) is 6.07 Å². The molecule has 0 fully saturated rings. The number of rotatable bonds is 4. The second-order valence-electron chi connectivity index (χ2n) is 3.52. The topological polar surface area (TPSA) is 74.5 Å². The van der Waals surface area contributed by atoms with Crippen LogP contribution in [0, 0.1) is 10.1 Å². The maximum Gasteiger partial charge on any atom is 0.277 e. The summed E-state index contributed by atoms with van der Waals surface area (Å²) in [6, 6.07) is 9.08. The molecule has 98 valence electrons. The van der Waals surface area contributed by atoms with Gasteiger partial charge in [-0.25, -0.2) is 4.98 Å². The first-order chi connectivity index (χ1) is 9.08. The van der Waals surface area contributed by atoms with Crippen molar-refractivity contribution in [3.8, 4) is 17.4 Å². The van der Waals surface area contributed by atoms with Crippen molar-refractivity contribution in [2.24, 2.45) is 0 Å². The van der Waals surface area contributed by atoms with E-state index in [1.165, 1.54) is 6.07 Å². The fraction of sp³-hybridized carbons (Fsp3) is 0.0833. The van der Waals surface area contributed by atoms with Crippen molar-refractivity contribution >= 4 is 17.3 Å². The fourth-order valence-corrected chi connectivity index (χ4v) is 1.58. The molecule has 0 unspecified atom stereocenters. The first kappa shape index (κ1) is 13.1. The largest absolute Gasteiger partial charge is 0.497 e. The lowest BCUT2D eigenvalue weighted by Gasteiger charge is -2.06. The number of methoxy groups -OCH3 is 1. The molecule has 1 heterocycles. The van der Waals surface area contributed by atoms with Gasteiger partial charge in [0.2, 0.25) is 5.88 Å². The summed E-state index contributed by atoms with van der Waals surface area (Å²) in [7, 11) is 1.55. The Balaban J connectivity index is 2.24. The van der Waals surface area contributed by atoms with Crippen molar-refractivity contribution in [2.75, 3.05) is 7.11 Å². The van der Waals surface area contributed by atoms with Crippen LogP contribution in [-0.2, 0) is 0 Å². The summed E-state index contributed by atoms with van der Waals surface area (Å²) < 4.78 is 10.4. The lowest BCUT2D eigenvalue weighted by atomic mass is 10.3. The number of nitro groups is 1. The van der Waals surface area contributed by atoms with Crippen molar-refractivity contribution in [1.82, 2.24) is 4.98 Å². The third-order valence-electron chi connectivity index (χ3n) is 2.25. The van der Waals surface area contributed by atoms with Crippen LogP contribution in [0.5, 0.6) is 17.4 Å². The zero-order valence-electron chi connectivity index (χ0n) is 9.87. The number of pyridine rings is 1. The second-order valence-corrected chi connectivity index (χ2v) is 3.91. The van der Waals surface area contributed by atoms with E-state index >= 15 is 0 Å². The van der Waals surface area contributed by atoms with Gasteiger partial charge in [-0.3, -0.25) is 10.1 Å². The number of hydrogen-bond acceptors (Lipinski definition) is 5. The van der Waals surface area contributed by atoms with Crippen molar-refractivity contribution in [3.05, 3.63) is 51.7 Å². The van der Waals surface area contributed by atoms with Crippen molar-refractivity contribution in [1.29, 1.82) is 0 Å². The standard InChI is InChI=1S/C12H9ClN2O4/c1-18-9-2-4-10(5-3-9)19-12-7-8(15(16)17)6-11(13)14-12/h2-7H,1H3. The molecule has 1 aromatic carbocycles. The van der Waals surface area contributed by atoms with E-state index in [2.05, 4.69) is 4.98 Å². The van der Waals surface area contributed by atoms with Gasteiger partial charge in [0, 0.05) is 0 Å². The molecule has 1 aromatic heterocycles. The Labute approximate surface area is 113 Å². The van der Waals surface area contributed by atoms with Crippen molar-refractivity contribution in [2.45, 2.75) is 0 Å². The lowest BCUT2D eigenvalue weighted by Crippen LogP contribution is -1.93. The Morgan fingerprint density at radius 1 is 1.21 bits per heavy atom. The summed E-state index contributed by atoms with van der Waals surface area (Å²) in [5.74, 6) is 1.21. The van der Waals surface area contributed by atoms with E-state index < -0.39 is 4.92 Å². The van der Waals surface area contributed by atoms with Gasteiger partial charge in [-0.1, -0.05) is 11.6 Å². The van der Waals surface area contributed by atoms with Crippen LogP contribution in [0.15, 0.2) is 36.4 Å². The highest BCUT2D eigenvalue weighted by atomic mass is 35.5. The molecule has 6 nitrogen and oxygen atoms in total. The van der Waals surface area contributed by atoms with E-state index in [1.807, 2.05) is 0 Å². The van der Waals surface area contributed by atoms with Gasteiger partial charge in [0.05, 0.1) is 24.2 Å². The monoisotopic (exact) mass is 280 g/mol. The minimum absolute atomic E-state index is 0.00212. The first-order valence-corrected chi connectivity index (χ1v) is 5.60. The summed E-state index contributed by atoms with van der Waals surface area (Å²) in [6.07, 6.45) is 0. The molecule has 0 amide bonds. The molecule has 2 aromatic rings. The van der Waals surface area contributed by atoms with Crippen LogP contribution in [0.3, 0.4) is 0 Å². The van der Waals surface area contributed by atoms with Crippen molar-refractivity contribution < 1.29 is 14.4 Å². The van der Waals surface area contributed by atoms with E-state index in [9.17, 15) is 10.1 Å². The van der Waals surface area contributed by atoms with E-state index in [0.29, 0.717) is 11.5 Å². The zero-order chi connectivity index (χ0) is 13.8. The number of hydrogen-bond donors (Lipinski definition) is 0. The minimum Gasteiger partial charge on any atom is -0.497 e. The summed E-state index contributed by atoms with van der Waals surface area (Å²) >= 11 is 5.69. The average Bonchev–Trinajstić information content (AvgIpc) is 2.39. The fourth-order valence-electron chi connectivity index (χ4n) is 1.38. The van der Waals surface area contributed by atoms with Crippen LogP contribution < -0.4 is 9.47 Å². The number of benzene rings is 1. The highest BCUT2D eigenvalue weighted by Crippen LogP contribution is 2.27. The van der Waals surface area contributed by atoms with Gasteiger partial charge in [0.25, 0.3) is 5.69 Å². The maximum absolute atomic E-state index is 10.7. The van der Waals surface area contributed by atoms with Gasteiger partial charge in [-0.15, -0.1) is 0 Å². The molecule has 0 aliphatic rings. The zero-order valence-corrected chi connectivity index (χ0v) is 10.6. The summed E-state index contributed by atoms with van der Waals surface area (Å²) in [6.45, 7) is 0. The predicted octanol–water partition coefficient (Wildman–Crippen LogP) is 3.44. The number of nitrogens with zero attached hydrogens (tertiary/aromatic N) is 2. The third-order valence-corrected chi connectivity index (χ3v) is 2.44. The van der Waals surface area contributed by atoms with Gasteiger partial charge in [-0.05, 0) is 24.3 Å². The highest BCUT2D eigenvalue weighted by molar-refractivity contribution is 6.29. The summed E-state index contributed by atoms with van der Waals surface area (Å²) in [5.41, 5.74) is -0.177. The molecule has 0 aliphatic carbocycles. The van der Waals surface area contributed by atoms with Crippen LogP contribution in [0.25, 0.3) is 0 Å². The summed E-state index contributed by atoms with van der Waals surface area (Å²) in [4.78, 5) is 14.0. The predicted molar refractivity (Wildman–Crippen MR) is 69.0 cm³/mol. The molecule has 0 saturated carbocycles. The normalized spacial score (nSPS) is 10.0. The lowest BCUT2D eigenvalue weighted by molar-refractivity contribution is -0.385. The molecule has 0 bridgehead atoms. The molecule has 0 spiro atoms. The average molecular weight is 281 g/mol. The van der Waals surface area contributed by atoms with E-state index in [4.69, 9.17) is 21.1 Å². The van der Waals surface area contributed by atoms with E-state index in [-0.39, 0.29) is 16.7 Å². The maximum atomic E-state index is 10.7. The molecule has 0 radical (unpaired) electrons. The van der Waals surface area contributed by atoms with Gasteiger partial charge in [-0.2, -0.15) is 0 Å². The highest BCUT2D eigenvalue weighted by Gasteiger charge is 2.11. The van der Waals surface area contributed by atoms with Crippen LogP contribution in [0.2, 0.25) is 5.15 Å². The molecule has 0 saturated heterocycles. The second kappa shape index (κ2) is 5.53. The first-order valence-electron chi connectivity index (χ1n) is 5.22. The SMILES string of the molecule is COc1ccc(Oc2cc([N+](=O)[O-])cc(Cl)n2)cc1. The van der Waals surface area contributed by atoms with E-state index in [1.54, 1.807) is 31.4 Å². The van der Waals surface area contributed by atoms with Crippen LogP contribution in [-0.4, -0.2) is 17.0 Å². The smallest absolute Gasteiger partial charge is 0.277 e. The van der Waals surface area contributed by atoms with Gasteiger partial charge in [0.15, 0.2) is 0 Å². The Hall–Kier alpha value is -2.34. The molecule has 19 heavy (non-hydrogen) atoms. The molecular formula is C12H9ClN2O4. The molecule has 2 rings (SSSR count). The van der Waals surface area contributed by atoms with Crippen LogP contribution in [0.1, 0.15) is 0 Å². The van der Waals surface area contributed by atoms with Crippen LogP contribution >= 0.6 is 11.6 Å². The molecule has 0 N–H and O–H groups in total. The molecule has 0 atom stereocenters. The molecule has 0 aliphatic heterocycles. The number of aromatic nitrogens is 1. The van der Waals surface area contributed by atoms with Gasteiger partial charge in [0.1, 0.15) is 16.7 Å². The quantitative estimate of drug-likeness (QED) is 0.487. The number of halogens is 1. The van der Waals surface area contributed by atoms with Gasteiger partial charge < -0.3 is 9.47 Å². The van der Waals surface area contributed by atoms with Crippen molar-refractivity contribution in [3.63, 3.8) is 0 Å². The molecule has 7 heteroatoms. The Morgan fingerprint density at radius 2 is 1.84 bits per heavy atom. The Bertz CT molecular complexity index is 601. The van der Waals surface area contributed by atoms with Crippen LogP contribution in [0.4, 0.5) is 5.69 Å². The molecular weight excluding hydrogens is 272 g/mol. The third kappa shape index (κ3) is 3.32. The number of ether oxygens (including phenoxy) is 2. The minimum atomic E-state index is -0.561.